The normalized spacial score (nSPS) is 19.0. The van der Waals surface area contributed by atoms with Crippen molar-refractivity contribution < 1.29 is 4.79 Å². The highest BCUT2D eigenvalue weighted by Gasteiger charge is 2.27. The predicted molar refractivity (Wildman–Crippen MR) is 91.8 cm³/mol. The molecule has 2 heterocycles. The van der Waals surface area contributed by atoms with Gasteiger partial charge in [0.2, 0.25) is 0 Å². The summed E-state index contributed by atoms with van der Waals surface area (Å²) in [4.78, 5) is 17.7. The molecule has 2 aliphatic rings. The van der Waals surface area contributed by atoms with Crippen molar-refractivity contribution in [1.82, 2.24) is 15.6 Å². The largest absolute Gasteiger partial charge is 0.349 e. The minimum atomic E-state index is 0.0526. The van der Waals surface area contributed by atoms with Gasteiger partial charge in [0.05, 0.1) is 11.1 Å². The van der Waals surface area contributed by atoms with Crippen LogP contribution in [0.25, 0.3) is 10.9 Å². The number of pyridine rings is 1. The summed E-state index contributed by atoms with van der Waals surface area (Å²) in [5.41, 5.74) is 3.97. The summed E-state index contributed by atoms with van der Waals surface area (Å²) >= 11 is 0. The number of piperidine rings is 1. The highest BCUT2D eigenvalue weighted by atomic mass is 16.1. The maximum absolute atomic E-state index is 12.9. The summed E-state index contributed by atoms with van der Waals surface area (Å²) < 4.78 is 0. The van der Waals surface area contributed by atoms with Gasteiger partial charge in [-0.25, -0.2) is 0 Å². The van der Waals surface area contributed by atoms with Crippen LogP contribution in [-0.4, -0.2) is 30.0 Å². The van der Waals surface area contributed by atoms with Gasteiger partial charge < -0.3 is 10.6 Å². The van der Waals surface area contributed by atoms with E-state index in [1.165, 1.54) is 12.8 Å². The van der Waals surface area contributed by atoms with Crippen LogP contribution in [0.5, 0.6) is 0 Å². The minimum absolute atomic E-state index is 0.0526. The summed E-state index contributed by atoms with van der Waals surface area (Å²) in [6.07, 6.45) is 4.39. The maximum Gasteiger partial charge on any atom is 0.252 e. The Bertz CT molecular complexity index is 746. The number of nitrogens with one attached hydrogen (secondary N) is 2. The summed E-state index contributed by atoms with van der Waals surface area (Å²) in [7, 11) is 0. The van der Waals surface area contributed by atoms with E-state index in [-0.39, 0.29) is 11.9 Å². The monoisotopic (exact) mass is 309 g/mol. The highest BCUT2D eigenvalue weighted by Crippen LogP contribution is 2.40. The second-order valence-corrected chi connectivity index (χ2v) is 6.89. The maximum atomic E-state index is 12.9. The summed E-state index contributed by atoms with van der Waals surface area (Å²) in [6.45, 7) is 4.02. The number of carbonyl (C=O) groups excluding carboxylic acids is 1. The molecule has 0 bridgehead atoms. The van der Waals surface area contributed by atoms with Gasteiger partial charge in [-0.1, -0.05) is 11.6 Å². The fraction of sp³-hybridized carbons (Fsp3) is 0.474. The molecule has 1 aromatic heterocycles. The third-order valence-electron chi connectivity index (χ3n) is 4.90. The number of benzene rings is 1. The Morgan fingerprint density at radius 3 is 2.70 bits per heavy atom. The molecule has 0 spiro atoms. The van der Waals surface area contributed by atoms with Gasteiger partial charge in [-0.05, 0) is 63.9 Å². The number of carbonyl (C=O) groups is 1. The lowest BCUT2D eigenvalue weighted by Gasteiger charge is -2.24. The van der Waals surface area contributed by atoms with Crippen molar-refractivity contribution in [3.05, 3.63) is 41.1 Å². The van der Waals surface area contributed by atoms with Crippen LogP contribution in [0, 0.1) is 6.92 Å². The van der Waals surface area contributed by atoms with Crippen molar-refractivity contribution in [1.29, 1.82) is 0 Å². The lowest BCUT2D eigenvalue weighted by atomic mass is 10.0. The molecule has 1 aromatic carbocycles. The van der Waals surface area contributed by atoms with E-state index in [1.807, 2.05) is 12.1 Å². The zero-order chi connectivity index (χ0) is 15.8. The first-order chi connectivity index (χ1) is 11.2. The van der Waals surface area contributed by atoms with Gasteiger partial charge in [0, 0.05) is 23.0 Å². The fourth-order valence-electron chi connectivity index (χ4n) is 3.37. The summed E-state index contributed by atoms with van der Waals surface area (Å²) in [5, 5.41) is 7.54. The van der Waals surface area contributed by atoms with Crippen LogP contribution in [0.15, 0.2) is 24.3 Å². The average molecular weight is 309 g/mol. The molecule has 2 N–H and O–H groups in total. The minimum Gasteiger partial charge on any atom is -0.349 e. The van der Waals surface area contributed by atoms with Crippen LogP contribution >= 0.6 is 0 Å². The number of aryl methyl sites for hydroxylation is 1. The molecule has 1 saturated carbocycles. The molecule has 1 amide bonds. The molecule has 1 aliphatic carbocycles. The number of aromatic nitrogens is 1. The molecule has 4 nitrogen and oxygen atoms in total. The molecular weight excluding hydrogens is 286 g/mol. The quantitative estimate of drug-likeness (QED) is 0.916. The van der Waals surface area contributed by atoms with Crippen molar-refractivity contribution in [3.63, 3.8) is 0 Å². The van der Waals surface area contributed by atoms with E-state index in [0.29, 0.717) is 5.92 Å². The Morgan fingerprint density at radius 2 is 1.96 bits per heavy atom. The molecule has 4 heteroatoms. The van der Waals surface area contributed by atoms with E-state index >= 15 is 0 Å². The molecule has 1 aliphatic heterocycles. The van der Waals surface area contributed by atoms with Crippen molar-refractivity contribution >= 4 is 16.8 Å². The van der Waals surface area contributed by atoms with Gasteiger partial charge in [-0.3, -0.25) is 9.78 Å². The number of nitrogens with zero attached hydrogens (tertiary/aromatic N) is 1. The molecule has 2 aromatic rings. The molecule has 1 saturated heterocycles. The Balaban J connectivity index is 1.70. The van der Waals surface area contributed by atoms with Crippen LogP contribution in [-0.2, 0) is 0 Å². The number of amides is 1. The summed E-state index contributed by atoms with van der Waals surface area (Å²) in [6, 6.07) is 8.49. The van der Waals surface area contributed by atoms with Gasteiger partial charge >= 0.3 is 0 Å². The van der Waals surface area contributed by atoms with Crippen molar-refractivity contribution in [2.75, 3.05) is 13.1 Å². The Hall–Kier alpha value is -1.94. The number of hydrogen-bond acceptors (Lipinski definition) is 3. The second kappa shape index (κ2) is 5.93. The van der Waals surface area contributed by atoms with Crippen LogP contribution < -0.4 is 10.6 Å². The third kappa shape index (κ3) is 3.08. The molecule has 0 unspecified atom stereocenters. The van der Waals surface area contributed by atoms with Crippen LogP contribution in [0.2, 0.25) is 0 Å². The zero-order valence-corrected chi connectivity index (χ0v) is 13.6. The van der Waals surface area contributed by atoms with Crippen molar-refractivity contribution in [3.8, 4) is 0 Å². The lowest BCUT2D eigenvalue weighted by molar-refractivity contribution is 0.0931. The smallest absolute Gasteiger partial charge is 0.252 e. The molecule has 120 valence electrons. The first kappa shape index (κ1) is 14.6. The fourth-order valence-corrected chi connectivity index (χ4v) is 3.37. The number of fused-ring (bicyclic) bond motifs is 1. The molecule has 0 radical (unpaired) electrons. The topological polar surface area (TPSA) is 54.0 Å². The molecular formula is C19H23N3O. The van der Waals surface area contributed by atoms with Gasteiger partial charge in [0.15, 0.2) is 0 Å². The van der Waals surface area contributed by atoms with E-state index in [2.05, 4.69) is 29.7 Å². The molecule has 4 rings (SSSR count). The van der Waals surface area contributed by atoms with Crippen LogP contribution in [0.3, 0.4) is 0 Å². The van der Waals surface area contributed by atoms with Crippen LogP contribution in [0.1, 0.15) is 53.2 Å². The van der Waals surface area contributed by atoms with E-state index in [9.17, 15) is 4.79 Å². The Kier molecular flexibility index (Phi) is 3.77. The molecule has 0 atom stereocenters. The van der Waals surface area contributed by atoms with Gasteiger partial charge in [0.1, 0.15) is 0 Å². The SMILES string of the molecule is Cc1ccc2nc(C3CC3)cc(C(=O)NC3CCNCC3)c2c1. The van der Waals surface area contributed by atoms with E-state index in [4.69, 9.17) is 4.98 Å². The third-order valence-corrected chi connectivity index (χ3v) is 4.90. The van der Waals surface area contributed by atoms with Crippen LogP contribution in [0.4, 0.5) is 0 Å². The number of hydrogen-bond donors (Lipinski definition) is 2. The molecule has 2 fully saturated rings. The number of rotatable bonds is 3. The Labute approximate surface area is 136 Å². The van der Waals surface area contributed by atoms with Gasteiger partial charge in [-0.15, -0.1) is 0 Å². The Morgan fingerprint density at radius 1 is 1.17 bits per heavy atom. The standard InChI is InChI=1S/C19H23N3O/c1-12-2-5-17-15(10-12)16(11-18(22-17)13-3-4-13)19(23)21-14-6-8-20-9-7-14/h2,5,10-11,13-14,20H,3-4,6-9H2,1H3,(H,21,23). The molecule has 23 heavy (non-hydrogen) atoms. The summed E-state index contributed by atoms with van der Waals surface area (Å²) in [5.74, 6) is 0.600. The van der Waals surface area contributed by atoms with E-state index < -0.39 is 0 Å². The van der Waals surface area contributed by atoms with Gasteiger partial charge in [-0.2, -0.15) is 0 Å². The first-order valence-electron chi connectivity index (χ1n) is 8.63. The predicted octanol–water partition coefficient (Wildman–Crippen LogP) is 2.90. The second-order valence-electron chi connectivity index (χ2n) is 6.89. The lowest BCUT2D eigenvalue weighted by Crippen LogP contribution is -2.42. The highest BCUT2D eigenvalue weighted by molar-refractivity contribution is 6.06. The van der Waals surface area contributed by atoms with E-state index in [1.54, 1.807) is 0 Å². The zero-order valence-electron chi connectivity index (χ0n) is 13.6. The van der Waals surface area contributed by atoms with Gasteiger partial charge in [0.25, 0.3) is 5.91 Å². The van der Waals surface area contributed by atoms with Crippen molar-refractivity contribution in [2.45, 2.75) is 44.6 Å². The van der Waals surface area contributed by atoms with Crippen molar-refractivity contribution in [2.24, 2.45) is 0 Å². The first-order valence-corrected chi connectivity index (χ1v) is 8.63. The average Bonchev–Trinajstić information content (AvgIpc) is 3.39. The van der Waals surface area contributed by atoms with E-state index in [0.717, 1.165) is 53.7 Å².